The monoisotopic (exact) mass is 230 g/mol. The van der Waals surface area contributed by atoms with Crippen LogP contribution in [0.25, 0.3) is 0 Å². The summed E-state index contributed by atoms with van der Waals surface area (Å²) in [7, 11) is 3.68. The van der Waals surface area contributed by atoms with Crippen molar-refractivity contribution in [2.24, 2.45) is 0 Å². The van der Waals surface area contributed by atoms with Crippen molar-refractivity contribution in [2.75, 3.05) is 14.1 Å². The molecule has 0 aliphatic carbocycles. The highest BCUT2D eigenvalue weighted by atomic mass is 16.3. The summed E-state index contributed by atoms with van der Waals surface area (Å²) in [5.41, 5.74) is 0.900. The van der Waals surface area contributed by atoms with E-state index in [4.69, 9.17) is 5.11 Å². The number of aliphatic hydroxyl groups excluding tert-OH is 1. The van der Waals surface area contributed by atoms with Crippen LogP contribution in [0.5, 0.6) is 0 Å². The Morgan fingerprint density at radius 2 is 1.81 bits per heavy atom. The lowest BCUT2D eigenvalue weighted by atomic mass is 10.2. The summed E-state index contributed by atoms with van der Waals surface area (Å²) in [5.74, 6) is 0.0804. The highest BCUT2D eigenvalue weighted by Crippen LogP contribution is 1.93. The number of hydrogen-bond donors (Lipinski definition) is 3. The molecule has 0 radical (unpaired) electrons. The Labute approximate surface area is 99.1 Å². The second kappa shape index (κ2) is 10.6. The predicted molar refractivity (Wildman–Crippen MR) is 68.3 cm³/mol. The molecule has 0 aromatic carbocycles. The van der Waals surface area contributed by atoms with Crippen molar-refractivity contribution in [2.45, 2.75) is 46.3 Å². The largest absolute Gasteiger partial charge is 0.393 e. The van der Waals surface area contributed by atoms with E-state index in [1.165, 1.54) is 6.92 Å². The third-order valence-electron chi connectivity index (χ3n) is 2.00. The Hall–Kier alpha value is -0.870. The van der Waals surface area contributed by atoms with Gasteiger partial charge in [-0.15, -0.1) is 0 Å². The zero-order valence-electron chi connectivity index (χ0n) is 11.3. The van der Waals surface area contributed by atoms with Crippen LogP contribution in [0.3, 0.4) is 0 Å². The van der Waals surface area contributed by atoms with Gasteiger partial charge in [-0.05, 0) is 47.2 Å². The van der Waals surface area contributed by atoms with Crippen LogP contribution in [-0.4, -0.2) is 37.1 Å². The summed E-state index contributed by atoms with van der Waals surface area (Å²) in [5, 5.41) is 14.7. The van der Waals surface area contributed by atoms with Crippen molar-refractivity contribution >= 4 is 5.78 Å². The highest BCUT2D eigenvalue weighted by Gasteiger charge is 2.00. The Bertz CT molecular complexity index is 213. The van der Waals surface area contributed by atoms with Gasteiger partial charge in [-0.25, -0.2) is 0 Å². The number of aliphatic hydroxyl groups is 1. The van der Waals surface area contributed by atoms with Gasteiger partial charge in [-0.2, -0.15) is 0 Å². The molecule has 0 spiro atoms. The summed E-state index contributed by atoms with van der Waals surface area (Å²) in [4.78, 5) is 10.3. The second-order valence-corrected chi connectivity index (χ2v) is 3.96. The SMILES string of the molecule is CN/C(C)=C/C(C)=O.CNC(C)CC(C)O. The van der Waals surface area contributed by atoms with Gasteiger partial charge >= 0.3 is 0 Å². The smallest absolute Gasteiger partial charge is 0.154 e. The van der Waals surface area contributed by atoms with Crippen molar-refractivity contribution in [3.63, 3.8) is 0 Å². The molecule has 0 bridgehead atoms. The molecule has 16 heavy (non-hydrogen) atoms. The second-order valence-electron chi connectivity index (χ2n) is 3.96. The number of allylic oxidation sites excluding steroid dienone is 2. The summed E-state index contributed by atoms with van der Waals surface area (Å²) in [6, 6.07) is 0.426. The van der Waals surface area contributed by atoms with E-state index < -0.39 is 0 Å². The molecule has 4 heteroatoms. The molecule has 0 fully saturated rings. The molecule has 0 rings (SSSR count). The highest BCUT2D eigenvalue weighted by molar-refractivity contribution is 5.87. The molecular weight excluding hydrogens is 204 g/mol. The lowest BCUT2D eigenvalue weighted by Crippen LogP contribution is -2.25. The van der Waals surface area contributed by atoms with E-state index in [0.29, 0.717) is 6.04 Å². The summed E-state index contributed by atoms with van der Waals surface area (Å²) < 4.78 is 0. The molecule has 0 aromatic heterocycles. The van der Waals surface area contributed by atoms with Gasteiger partial charge in [-0.1, -0.05) is 0 Å². The first kappa shape index (κ1) is 17.5. The maximum absolute atomic E-state index is 10.3. The fourth-order valence-corrected chi connectivity index (χ4v) is 1.01. The number of rotatable bonds is 5. The quantitative estimate of drug-likeness (QED) is 0.618. The fourth-order valence-electron chi connectivity index (χ4n) is 1.01. The van der Waals surface area contributed by atoms with Gasteiger partial charge in [0.05, 0.1) is 6.10 Å². The molecule has 0 saturated carbocycles. The van der Waals surface area contributed by atoms with Crippen molar-refractivity contribution in [3.8, 4) is 0 Å². The van der Waals surface area contributed by atoms with E-state index in [2.05, 4.69) is 10.6 Å². The number of hydrogen-bond acceptors (Lipinski definition) is 4. The van der Waals surface area contributed by atoms with Gasteiger partial charge in [0.2, 0.25) is 0 Å². The fraction of sp³-hybridized carbons (Fsp3) is 0.750. The Balaban J connectivity index is 0. The number of carbonyl (C=O) groups is 1. The van der Waals surface area contributed by atoms with Crippen LogP contribution in [0.1, 0.15) is 34.1 Å². The third-order valence-corrected chi connectivity index (χ3v) is 2.00. The Kier molecular flexibility index (Phi) is 11.7. The first-order valence-electron chi connectivity index (χ1n) is 5.55. The van der Waals surface area contributed by atoms with Crippen LogP contribution in [0, 0.1) is 0 Å². The molecule has 3 N–H and O–H groups in total. The standard InChI is InChI=1S/C6H15NO.C6H11NO/c2*1-5(7-3)4-6(2)8/h5-8H,4H2,1-3H3;4,7H,1-3H3/b;5-4+. The van der Waals surface area contributed by atoms with Gasteiger partial charge in [0.15, 0.2) is 5.78 Å². The van der Waals surface area contributed by atoms with Gasteiger partial charge < -0.3 is 15.7 Å². The first-order chi connectivity index (χ1) is 7.33. The minimum absolute atomic E-state index is 0.0804. The Morgan fingerprint density at radius 3 is 1.94 bits per heavy atom. The van der Waals surface area contributed by atoms with Gasteiger partial charge in [0.25, 0.3) is 0 Å². The zero-order valence-corrected chi connectivity index (χ0v) is 11.3. The summed E-state index contributed by atoms with van der Waals surface area (Å²) >= 11 is 0. The van der Waals surface area contributed by atoms with E-state index >= 15 is 0 Å². The molecule has 96 valence electrons. The van der Waals surface area contributed by atoms with Crippen LogP contribution < -0.4 is 10.6 Å². The van der Waals surface area contributed by atoms with Crippen LogP contribution in [-0.2, 0) is 4.79 Å². The molecule has 0 aromatic rings. The topological polar surface area (TPSA) is 61.4 Å². The van der Waals surface area contributed by atoms with Crippen molar-refractivity contribution < 1.29 is 9.90 Å². The van der Waals surface area contributed by atoms with E-state index in [1.807, 2.05) is 20.9 Å². The van der Waals surface area contributed by atoms with Gasteiger partial charge in [0.1, 0.15) is 0 Å². The average molecular weight is 230 g/mol. The first-order valence-corrected chi connectivity index (χ1v) is 5.55. The molecule has 4 nitrogen and oxygen atoms in total. The minimum Gasteiger partial charge on any atom is -0.393 e. The molecule has 0 aliphatic heterocycles. The molecule has 0 aliphatic rings. The number of carbonyl (C=O) groups excluding carboxylic acids is 1. The van der Waals surface area contributed by atoms with Gasteiger partial charge in [-0.3, -0.25) is 4.79 Å². The molecule has 0 saturated heterocycles. The Morgan fingerprint density at radius 1 is 1.31 bits per heavy atom. The molecule has 2 unspecified atom stereocenters. The molecule has 0 heterocycles. The average Bonchev–Trinajstić information content (AvgIpc) is 2.16. The van der Waals surface area contributed by atoms with E-state index in [9.17, 15) is 4.79 Å². The van der Waals surface area contributed by atoms with Crippen LogP contribution >= 0.6 is 0 Å². The predicted octanol–water partition coefficient (Wildman–Crippen LogP) is 1.06. The van der Waals surface area contributed by atoms with Crippen molar-refractivity contribution in [1.82, 2.24) is 10.6 Å². The summed E-state index contributed by atoms with van der Waals surface area (Å²) in [6.07, 6.45) is 2.20. The van der Waals surface area contributed by atoms with Crippen molar-refractivity contribution in [3.05, 3.63) is 11.8 Å². The minimum atomic E-state index is -0.183. The normalized spacial score (nSPS) is 14.6. The van der Waals surface area contributed by atoms with Crippen molar-refractivity contribution in [1.29, 1.82) is 0 Å². The lowest BCUT2D eigenvalue weighted by molar-refractivity contribution is -0.112. The summed E-state index contributed by atoms with van der Waals surface area (Å²) in [6.45, 7) is 7.22. The van der Waals surface area contributed by atoms with Gasteiger partial charge in [0, 0.05) is 18.8 Å². The van der Waals surface area contributed by atoms with E-state index in [0.717, 1.165) is 12.1 Å². The molecule has 2 atom stereocenters. The lowest BCUT2D eigenvalue weighted by Gasteiger charge is -2.10. The van der Waals surface area contributed by atoms with E-state index in [-0.39, 0.29) is 11.9 Å². The zero-order chi connectivity index (χ0) is 13.1. The maximum Gasteiger partial charge on any atom is 0.154 e. The maximum atomic E-state index is 10.3. The molecular formula is C12H26N2O2. The van der Waals surface area contributed by atoms with Crippen LogP contribution in [0.15, 0.2) is 11.8 Å². The molecule has 0 amide bonds. The van der Waals surface area contributed by atoms with E-state index in [1.54, 1.807) is 20.0 Å². The number of nitrogens with one attached hydrogen (secondary N) is 2. The van der Waals surface area contributed by atoms with Crippen LogP contribution in [0.2, 0.25) is 0 Å². The van der Waals surface area contributed by atoms with Crippen LogP contribution in [0.4, 0.5) is 0 Å². The third kappa shape index (κ3) is 15.6. The number of ketones is 1.